The summed E-state index contributed by atoms with van der Waals surface area (Å²) in [6, 6.07) is 12.3. The topological polar surface area (TPSA) is 80.9 Å². The Bertz CT molecular complexity index is 997. The largest absolute Gasteiger partial charge is 0.436 e. The molecule has 0 aliphatic heterocycles. The second-order valence-electron chi connectivity index (χ2n) is 5.13. The Hall–Kier alpha value is -3.54. The minimum absolute atomic E-state index is 0.199. The van der Waals surface area contributed by atoms with Crippen LogP contribution in [0.4, 0.5) is 5.69 Å². The van der Waals surface area contributed by atoms with Gasteiger partial charge in [-0.05, 0) is 42.5 Å². The molecular formula is C18H12N4O2. The number of hydrogen-bond acceptors (Lipinski definition) is 5. The Kier molecular flexibility index (Phi) is 3.47. The molecule has 0 bridgehead atoms. The Morgan fingerprint density at radius 2 is 1.62 bits per heavy atom. The van der Waals surface area contributed by atoms with E-state index >= 15 is 0 Å². The van der Waals surface area contributed by atoms with E-state index in [2.05, 4.69) is 20.3 Å². The van der Waals surface area contributed by atoms with Gasteiger partial charge in [0.05, 0.1) is 0 Å². The molecule has 24 heavy (non-hydrogen) atoms. The third kappa shape index (κ3) is 2.72. The lowest BCUT2D eigenvalue weighted by Crippen LogP contribution is -2.11. The molecule has 1 aromatic carbocycles. The monoisotopic (exact) mass is 316 g/mol. The fourth-order valence-corrected chi connectivity index (χ4v) is 2.33. The maximum atomic E-state index is 12.2. The van der Waals surface area contributed by atoms with E-state index in [1.165, 1.54) is 0 Å². The van der Waals surface area contributed by atoms with Crippen LogP contribution in [0.3, 0.4) is 0 Å². The van der Waals surface area contributed by atoms with E-state index in [1.807, 2.05) is 12.1 Å². The lowest BCUT2D eigenvalue weighted by molar-refractivity contribution is 0.102. The van der Waals surface area contributed by atoms with E-state index in [9.17, 15) is 4.79 Å². The average molecular weight is 316 g/mol. The number of amides is 1. The molecule has 0 unspecified atom stereocenters. The zero-order chi connectivity index (χ0) is 16.4. The van der Waals surface area contributed by atoms with Gasteiger partial charge in [0, 0.05) is 41.6 Å². The minimum Gasteiger partial charge on any atom is -0.436 e. The van der Waals surface area contributed by atoms with Crippen LogP contribution in [0, 0.1) is 0 Å². The van der Waals surface area contributed by atoms with Crippen LogP contribution in [0.25, 0.3) is 22.6 Å². The van der Waals surface area contributed by atoms with Gasteiger partial charge in [0.15, 0.2) is 5.58 Å². The Morgan fingerprint density at radius 3 is 2.38 bits per heavy atom. The highest BCUT2D eigenvalue weighted by atomic mass is 16.3. The summed E-state index contributed by atoms with van der Waals surface area (Å²) in [6.45, 7) is 0. The first-order valence-electron chi connectivity index (χ1n) is 7.32. The molecule has 3 heterocycles. The predicted octanol–water partition coefficient (Wildman–Crippen LogP) is 3.54. The van der Waals surface area contributed by atoms with Crippen molar-refractivity contribution in [2.24, 2.45) is 0 Å². The molecule has 116 valence electrons. The van der Waals surface area contributed by atoms with Crippen LogP contribution < -0.4 is 5.32 Å². The quantitative estimate of drug-likeness (QED) is 0.625. The molecule has 1 amide bonds. The van der Waals surface area contributed by atoms with Gasteiger partial charge in [0.2, 0.25) is 5.89 Å². The second kappa shape index (κ2) is 5.92. The summed E-state index contributed by atoms with van der Waals surface area (Å²) >= 11 is 0. The number of anilines is 1. The van der Waals surface area contributed by atoms with Crippen LogP contribution in [0.5, 0.6) is 0 Å². The second-order valence-corrected chi connectivity index (χ2v) is 5.13. The first-order chi connectivity index (χ1) is 11.8. The van der Waals surface area contributed by atoms with Gasteiger partial charge in [-0.3, -0.25) is 14.8 Å². The van der Waals surface area contributed by atoms with E-state index in [0.29, 0.717) is 28.2 Å². The average Bonchev–Trinajstić information content (AvgIpc) is 3.06. The summed E-state index contributed by atoms with van der Waals surface area (Å²) < 4.78 is 5.74. The Labute approximate surface area is 137 Å². The van der Waals surface area contributed by atoms with Crippen LogP contribution >= 0.6 is 0 Å². The SMILES string of the molecule is O=C(Nc1ccc2oc(-c3ccncc3)nc2c1)c1ccncc1. The molecule has 6 nitrogen and oxygen atoms in total. The third-order valence-corrected chi connectivity index (χ3v) is 3.52. The highest BCUT2D eigenvalue weighted by Gasteiger charge is 2.10. The normalized spacial score (nSPS) is 10.7. The first kappa shape index (κ1) is 14.1. The molecule has 0 aliphatic rings. The van der Waals surface area contributed by atoms with E-state index < -0.39 is 0 Å². The molecular weight excluding hydrogens is 304 g/mol. The van der Waals surface area contributed by atoms with Crippen molar-refractivity contribution in [2.45, 2.75) is 0 Å². The first-order valence-corrected chi connectivity index (χ1v) is 7.32. The number of fused-ring (bicyclic) bond motifs is 1. The molecule has 6 heteroatoms. The van der Waals surface area contributed by atoms with Crippen LogP contribution in [0.15, 0.2) is 71.7 Å². The molecule has 0 fully saturated rings. The standard InChI is InChI=1S/C18H12N4O2/c23-17(12-3-7-19-8-4-12)21-14-1-2-16-15(11-14)22-18(24-16)13-5-9-20-10-6-13/h1-11H,(H,21,23). The lowest BCUT2D eigenvalue weighted by atomic mass is 10.2. The molecule has 1 N–H and O–H groups in total. The van der Waals surface area contributed by atoms with Gasteiger partial charge in [-0.25, -0.2) is 4.98 Å². The number of carbonyl (C=O) groups excluding carboxylic acids is 1. The van der Waals surface area contributed by atoms with Crippen molar-refractivity contribution in [3.8, 4) is 11.5 Å². The smallest absolute Gasteiger partial charge is 0.255 e. The van der Waals surface area contributed by atoms with Crippen LogP contribution in [0.2, 0.25) is 0 Å². The number of hydrogen-bond donors (Lipinski definition) is 1. The maximum absolute atomic E-state index is 12.2. The highest BCUT2D eigenvalue weighted by Crippen LogP contribution is 2.26. The maximum Gasteiger partial charge on any atom is 0.255 e. The molecule has 0 saturated carbocycles. The molecule has 4 aromatic rings. The summed E-state index contributed by atoms with van der Waals surface area (Å²) in [6.07, 6.45) is 6.53. The van der Waals surface area contributed by atoms with Gasteiger partial charge in [-0.2, -0.15) is 0 Å². The third-order valence-electron chi connectivity index (χ3n) is 3.52. The van der Waals surface area contributed by atoms with Crippen molar-refractivity contribution < 1.29 is 9.21 Å². The van der Waals surface area contributed by atoms with E-state index in [-0.39, 0.29) is 5.91 Å². The zero-order valence-electron chi connectivity index (χ0n) is 12.5. The molecule has 0 radical (unpaired) electrons. The number of nitrogens with one attached hydrogen (secondary N) is 1. The number of pyridine rings is 2. The van der Waals surface area contributed by atoms with E-state index in [4.69, 9.17) is 4.42 Å². The summed E-state index contributed by atoms with van der Waals surface area (Å²) in [7, 11) is 0. The predicted molar refractivity (Wildman–Crippen MR) is 89.4 cm³/mol. The van der Waals surface area contributed by atoms with Gasteiger partial charge in [0.25, 0.3) is 5.91 Å². The lowest BCUT2D eigenvalue weighted by Gasteiger charge is -2.04. The summed E-state index contributed by atoms with van der Waals surface area (Å²) in [5.41, 5.74) is 3.38. The number of benzene rings is 1. The van der Waals surface area contributed by atoms with Gasteiger partial charge in [0.1, 0.15) is 5.52 Å². The fraction of sp³-hybridized carbons (Fsp3) is 0. The number of rotatable bonds is 3. The van der Waals surface area contributed by atoms with Gasteiger partial charge in [-0.15, -0.1) is 0 Å². The number of aromatic nitrogens is 3. The number of carbonyl (C=O) groups is 1. The van der Waals surface area contributed by atoms with Crippen molar-refractivity contribution in [1.29, 1.82) is 0 Å². The molecule has 0 saturated heterocycles. The summed E-state index contributed by atoms with van der Waals surface area (Å²) in [4.78, 5) is 24.5. The van der Waals surface area contributed by atoms with E-state index in [1.54, 1.807) is 55.1 Å². The zero-order valence-corrected chi connectivity index (χ0v) is 12.5. The summed E-state index contributed by atoms with van der Waals surface area (Å²) in [5, 5.41) is 2.84. The van der Waals surface area contributed by atoms with Crippen molar-refractivity contribution in [2.75, 3.05) is 5.32 Å². The molecule has 0 atom stereocenters. The number of oxazole rings is 1. The van der Waals surface area contributed by atoms with Gasteiger partial charge >= 0.3 is 0 Å². The van der Waals surface area contributed by atoms with E-state index in [0.717, 1.165) is 5.56 Å². The van der Waals surface area contributed by atoms with Gasteiger partial charge in [-0.1, -0.05) is 0 Å². The van der Waals surface area contributed by atoms with Crippen molar-refractivity contribution in [3.05, 3.63) is 72.8 Å². The molecule has 4 rings (SSSR count). The molecule has 0 aliphatic carbocycles. The Balaban J connectivity index is 1.63. The van der Waals surface area contributed by atoms with Crippen LogP contribution in [0.1, 0.15) is 10.4 Å². The number of nitrogens with zero attached hydrogens (tertiary/aromatic N) is 3. The fourth-order valence-electron chi connectivity index (χ4n) is 2.33. The minimum atomic E-state index is -0.199. The van der Waals surface area contributed by atoms with Crippen molar-refractivity contribution >= 4 is 22.7 Å². The van der Waals surface area contributed by atoms with Crippen molar-refractivity contribution in [1.82, 2.24) is 15.0 Å². The van der Waals surface area contributed by atoms with Crippen molar-refractivity contribution in [3.63, 3.8) is 0 Å². The highest BCUT2D eigenvalue weighted by molar-refractivity contribution is 6.04. The Morgan fingerprint density at radius 1 is 0.917 bits per heavy atom. The summed E-state index contributed by atoms with van der Waals surface area (Å²) in [5.74, 6) is 0.319. The van der Waals surface area contributed by atoms with Gasteiger partial charge < -0.3 is 9.73 Å². The van der Waals surface area contributed by atoms with Crippen LogP contribution in [-0.4, -0.2) is 20.9 Å². The molecule has 0 spiro atoms. The van der Waals surface area contributed by atoms with Crippen LogP contribution in [-0.2, 0) is 0 Å². The molecule has 3 aromatic heterocycles.